The Balaban J connectivity index is 1.59. The molecule has 0 aromatic carbocycles. The van der Waals surface area contributed by atoms with Crippen LogP contribution in [0.25, 0.3) is 10.9 Å². The van der Waals surface area contributed by atoms with Crippen LogP contribution in [0.2, 0.25) is 5.15 Å². The summed E-state index contributed by atoms with van der Waals surface area (Å²) in [7, 11) is 0. The lowest BCUT2D eigenvalue weighted by Gasteiger charge is -2.42. The van der Waals surface area contributed by atoms with Gasteiger partial charge in [0.1, 0.15) is 34.2 Å². The van der Waals surface area contributed by atoms with Crippen LogP contribution in [-0.2, 0) is 11.3 Å². The van der Waals surface area contributed by atoms with Gasteiger partial charge in [-0.1, -0.05) is 29.4 Å². The van der Waals surface area contributed by atoms with Crippen molar-refractivity contribution in [1.82, 2.24) is 19.9 Å². The number of anilines is 2. The van der Waals surface area contributed by atoms with Crippen molar-refractivity contribution in [2.24, 2.45) is 0 Å². The molecule has 0 radical (unpaired) electrons. The van der Waals surface area contributed by atoms with Gasteiger partial charge in [0.2, 0.25) is 5.88 Å². The van der Waals surface area contributed by atoms with Crippen LogP contribution in [0.15, 0.2) is 23.5 Å². The normalized spacial score (nSPS) is 18.9. The Labute approximate surface area is 210 Å². The van der Waals surface area contributed by atoms with Gasteiger partial charge in [-0.2, -0.15) is 4.98 Å². The van der Waals surface area contributed by atoms with Crippen molar-refractivity contribution < 1.29 is 18.7 Å². The van der Waals surface area contributed by atoms with Gasteiger partial charge in [-0.15, -0.1) is 0 Å². The molecule has 1 aliphatic heterocycles. The molecule has 1 saturated carbocycles. The molecule has 0 bridgehead atoms. The minimum atomic E-state index is -0.712. The Hall–Kier alpha value is -2.92. The first kappa shape index (κ1) is 23.8. The average Bonchev–Trinajstić information content (AvgIpc) is 2.85. The summed E-state index contributed by atoms with van der Waals surface area (Å²) in [5, 5.41) is 3.24. The lowest BCUT2D eigenvalue weighted by Crippen LogP contribution is -2.52. The summed E-state index contributed by atoms with van der Waals surface area (Å²) in [6, 6.07) is 3.63. The molecule has 184 valence electrons. The summed E-state index contributed by atoms with van der Waals surface area (Å²) < 4.78 is 26.6. The van der Waals surface area contributed by atoms with E-state index in [2.05, 4.69) is 25.2 Å². The number of hydrogen-bond acceptors (Lipinski definition) is 9. The average molecular weight is 519 g/mol. The molecule has 9 nitrogen and oxygen atoms in total. The van der Waals surface area contributed by atoms with Gasteiger partial charge in [0.25, 0.3) is 0 Å². The van der Waals surface area contributed by atoms with Crippen molar-refractivity contribution in [2.45, 2.75) is 63.1 Å². The molecule has 12 heteroatoms. The predicted octanol–water partition coefficient (Wildman–Crippen LogP) is 5.21. The number of pyridine rings is 2. The Morgan fingerprint density at radius 2 is 2.14 bits per heavy atom. The molecule has 1 amide bonds. The highest BCUT2D eigenvalue weighted by Gasteiger charge is 2.43. The van der Waals surface area contributed by atoms with Gasteiger partial charge in [-0.3, -0.25) is 5.32 Å². The van der Waals surface area contributed by atoms with Gasteiger partial charge in [-0.05, 0) is 45.9 Å². The maximum atomic E-state index is 15.0. The fourth-order valence-corrected chi connectivity index (χ4v) is 4.69. The largest absolute Gasteiger partial charge is 0.472 e. The number of carbonyl (C=O) groups is 1. The van der Waals surface area contributed by atoms with E-state index < -0.39 is 17.5 Å². The first-order valence-corrected chi connectivity index (χ1v) is 12.7. The molecule has 0 unspecified atom stereocenters. The topological polar surface area (TPSA) is 102 Å². The number of halogens is 2. The highest BCUT2D eigenvalue weighted by molar-refractivity contribution is 7.98. The van der Waals surface area contributed by atoms with Gasteiger partial charge in [0.05, 0.1) is 6.04 Å². The van der Waals surface area contributed by atoms with Crippen LogP contribution >= 0.6 is 23.4 Å². The second-order valence-electron chi connectivity index (χ2n) is 9.35. The number of nitrogens with zero attached hydrogens (tertiary/aromatic N) is 5. The Morgan fingerprint density at radius 1 is 1.34 bits per heavy atom. The zero-order valence-corrected chi connectivity index (χ0v) is 21.2. The molecule has 2 atom stereocenters. The molecule has 1 N–H and O–H groups in total. The van der Waals surface area contributed by atoms with Crippen molar-refractivity contribution in [3.8, 4) is 5.88 Å². The SMILES string of the molecule is CSc1nc2c3c(nc(Cl)c(F)c3n1)O[C@@H]1CC[C@@H]1N2Cc1cccnc1NC(=O)OC(C)(C)C. The molecule has 35 heavy (non-hydrogen) atoms. The van der Waals surface area contributed by atoms with Crippen molar-refractivity contribution in [3.05, 3.63) is 34.9 Å². The number of hydrogen-bond donors (Lipinski definition) is 1. The standard InChI is InChI=1S/C23H24ClFN6O3S/c1-23(2,3)34-22(32)29-18-11(6-5-9-26-18)10-31-12-7-8-13(12)33-20-14-16(15(25)17(24)28-20)27-21(35-4)30-19(14)31/h5-6,9,12-13H,7-8,10H2,1-4H3,(H,26,29,32)/t12-,13+/m0/s1. The maximum Gasteiger partial charge on any atom is 0.413 e. The lowest BCUT2D eigenvalue weighted by molar-refractivity contribution is 0.0635. The molecular formula is C23H24ClFN6O3S. The van der Waals surface area contributed by atoms with Crippen LogP contribution in [0.5, 0.6) is 5.88 Å². The number of aromatic nitrogens is 4. The minimum absolute atomic E-state index is 0.0339. The predicted molar refractivity (Wildman–Crippen MR) is 132 cm³/mol. The third kappa shape index (κ3) is 4.54. The van der Waals surface area contributed by atoms with E-state index in [4.69, 9.17) is 26.1 Å². The van der Waals surface area contributed by atoms with E-state index in [-0.39, 0.29) is 28.7 Å². The van der Waals surface area contributed by atoms with Gasteiger partial charge in [-0.25, -0.2) is 24.1 Å². The van der Waals surface area contributed by atoms with Crippen LogP contribution < -0.4 is 15.0 Å². The highest BCUT2D eigenvalue weighted by Crippen LogP contribution is 2.45. The van der Waals surface area contributed by atoms with Crippen molar-refractivity contribution >= 4 is 52.0 Å². The highest BCUT2D eigenvalue weighted by atomic mass is 35.5. The number of nitrogens with one attached hydrogen (secondary N) is 1. The number of amides is 1. The number of carbonyl (C=O) groups excluding carboxylic acids is 1. The molecule has 3 aromatic heterocycles. The van der Waals surface area contributed by atoms with Gasteiger partial charge >= 0.3 is 6.09 Å². The molecule has 3 aromatic rings. The number of rotatable bonds is 4. The van der Waals surface area contributed by atoms with E-state index in [1.807, 2.05) is 12.3 Å². The van der Waals surface area contributed by atoms with Crippen LogP contribution in [0.1, 0.15) is 39.2 Å². The van der Waals surface area contributed by atoms with E-state index in [1.54, 1.807) is 33.0 Å². The van der Waals surface area contributed by atoms with Gasteiger partial charge in [0, 0.05) is 18.3 Å². The van der Waals surface area contributed by atoms with E-state index in [0.29, 0.717) is 28.7 Å². The minimum Gasteiger partial charge on any atom is -0.472 e. The molecule has 5 rings (SSSR count). The fraction of sp³-hybridized carbons (Fsp3) is 0.435. The molecule has 4 heterocycles. The molecular weight excluding hydrogens is 495 g/mol. The third-order valence-corrected chi connectivity index (χ3v) is 6.62. The Morgan fingerprint density at radius 3 is 2.83 bits per heavy atom. The number of fused-ring (bicyclic) bond motifs is 1. The Kier molecular flexibility index (Phi) is 6.08. The van der Waals surface area contributed by atoms with Crippen LogP contribution in [0, 0.1) is 5.82 Å². The molecule has 0 saturated heterocycles. The van der Waals surface area contributed by atoms with Gasteiger partial charge in [0.15, 0.2) is 16.1 Å². The summed E-state index contributed by atoms with van der Waals surface area (Å²) in [5.74, 6) is 0.399. The maximum absolute atomic E-state index is 15.0. The quantitative estimate of drug-likeness (QED) is 0.283. The van der Waals surface area contributed by atoms with E-state index in [0.717, 1.165) is 18.4 Å². The van der Waals surface area contributed by atoms with Crippen LogP contribution in [0.4, 0.5) is 20.8 Å². The van der Waals surface area contributed by atoms with Crippen LogP contribution in [0.3, 0.4) is 0 Å². The second-order valence-corrected chi connectivity index (χ2v) is 10.5. The van der Waals surface area contributed by atoms with Gasteiger partial charge < -0.3 is 14.4 Å². The first-order valence-electron chi connectivity index (χ1n) is 11.1. The summed E-state index contributed by atoms with van der Waals surface area (Å²) in [4.78, 5) is 32.1. The second kappa shape index (κ2) is 8.94. The third-order valence-electron chi connectivity index (χ3n) is 5.82. The molecule has 2 aliphatic rings. The fourth-order valence-electron chi connectivity index (χ4n) is 4.16. The summed E-state index contributed by atoms with van der Waals surface area (Å²) in [5.41, 5.74) is 0.162. The van der Waals surface area contributed by atoms with Crippen molar-refractivity contribution in [1.29, 1.82) is 0 Å². The molecule has 1 aliphatic carbocycles. The van der Waals surface area contributed by atoms with Crippen LogP contribution in [-0.4, -0.2) is 50.0 Å². The number of ether oxygens (including phenoxy) is 2. The summed E-state index contributed by atoms with van der Waals surface area (Å²) in [6.07, 6.45) is 4.31. The summed E-state index contributed by atoms with van der Waals surface area (Å²) in [6.45, 7) is 5.72. The van der Waals surface area contributed by atoms with E-state index >= 15 is 4.39 Å². The monoisotopic (exact) mass is 518 g/mol. The van der Waals surface area contributed by atoms with Crippen molar-refractivity contribution in [2.75, 3.05) is 16.5 Å². The molecule has 0 spiro atoms. The zero-order chi connectivity index (χ0) is 24.9. The smallest absolute Gasteiger partial charge is 0.413 e. The molecule has 1 fully saturated rings. The van der Waals surface area contributed by atoms with E-state index in [1.165, 1.54) is 11.8 Å². The Bertz CT molecular complexity index is 1320. The number of thioether (sulfide) groups is 1. The summed E-state index contributed by atoms with van der Waals surface area (Å²) >= 11 is 7.38. The lowest BCUT2D eigenvalue weighted by atomic mass is 9.87. The van der Waals surface area contributed by atoms with E-state index in [9.17, 15) is 4.79 Å². The first-order chi connectivity index (χ1) is 16.6. The zero-order valence-electron chi connectivity index (χ0n) is 19.6. The van der Waals surface area contributed by atoms with Crippen molar-refractivity contribution in [3.63, 3.8) is 0 Å².